The van der Waals surface area contributed by atoms with E-state index in [1.165, 1.54) is 23.9 Å². The third-order valence-electron chi connectivity index (χ3n) is 4.27. The Balaban J connectivity index is 1.71. The Kier molecular flexibility index (Phi) is 8.00. The topological polar surface area (TPSA) is 90.2 Å². The molecule has 11 heteroatoms. The SMILES string of the molecule is CCOC(=O)Cn1c(=NC(=O)CSCC(=O)N2CCOCC2)sc2cc(F)ccc21. The first-order valence-electron chi connectivity index (χ1n) is 9.43. The molecule has 8 nitrogen and oxygen atoms in total. The normalized spacial score (nSPS) is 14.9. The van der Waals surface area contributed by atoms with E-state index in [1.54, 1.807) is 22.5 Å². The summed E-state index contributed by atoms with van der Waals surface area (Å²) in [4.78, 5) is 42.5. The minimum atomic E-state index is -0.471. The third kappa shape index (κ3) is 5.89. The fraction of sp³-hybridized carbons (Fsp3) is 0.474. The van der Waals surface area contributed by atoms with Gasteiger partial charge < -0.3 is 18.9 Å². The monoisotopic (exact) mass is 455 g/mol. The molecule has 0 aliphatic carbocycles. The van der Waals surface area contributed by atoms with E-state index in [2.05, 4.69) is 4.99 Å². The lowest BCUT2D eigenvalue weighted by molar-refractivity contribution is -0.143. The molecule has 1 fully saturated rings. The van der Waals surface area contributed by atoms with Crippen molar-refractivity contribution >= 4 is 51.1 Å². The van der Waals surface area contributed by atoms with E-state index >= 15 is 0 Å². The number of amides is 2. The molecule has 0 radical (unpaired) electrons. The van der Waals surface area contributed by atoms with Gasteiger partial charge in [0, 0.05) is 13.1 Å². The number of aromatic nitrogens is 1. The van der Waals surface area contributed by atoms with Crippen molar-refractivity contribution in [1.82, 2.24) is 9.47 Å². The van der Waals surface area contributed by atoms with E-state index in [4.69, 9.17) is 9.47 Å². The lowest BCUT2D eigenvalue weighted by Gasteiger charge is -2.26. The van der Waals surface area contributed by atoms with Crippen LogP contribution in [0, 0.1) is 5.82 Å². The number of nitrogens with zero attached hydrogens (tertiary/aromatic N) is 3. The van der Waals surface area contributed by atoms with Crippen LogP contribution in [0.25, 0.3) is 10.2 Å². The number of benzene rings is 1. The van der Waals surface area contributed by atoms with Gasteiger partial charge in [-0.25, -0.2) is 4.39 Å². The van der Waals surface area contributed by atoms with Gasteiger partial charge in [-0.15, -0.1) is 11.8 Å². The van der Waals surface area contributed by atoms with Crippen LogP contribution in [0.4, 0.5) is 4.39 Å². The summed E-state index contributed by atoms with van der Waals surface area (Å²) in [5.74, 6) is -1.15. The minimum absolute atomic E-state index is 0.0259. The summed E-state index contributed by atoms with van der Waals surface area (Å²) in [6, 6.07) is 4.16. The summed E-state index contributed by atoms with van der Waals surface area (Å²) >= 11 is 2.31. The Labute approximate surface area is 180 Å². The van der Waals surface area contributed by atoms with Gasteiger partial charge >= 0.3 is 5.97 Å². The Morgan fingerprint density at radius 3 is 2.77 bits per heavy atom. The molecule has 3 rings (SSSR count). The predicted molar refractivity (Wildman–Crippen MR) is 112 cm³/mol. The maximum atomic E-state index is 13.6. The van der Waals surface area contributed by atoms with Crippen LogP contribution in [0.15, 0.2) is 23.2 Å². The van der Waals surface area contributed by atoms with Gasteiger partial charge in [-0.1, -0.05) is 11.3 Å². The Morgan fingerprint density at radius 2 is 2.03 bits per heavy atom. The van der Waals surface area contributed by atoms with Gasteiger partial charge in [0.25, 0.3) is 5.91 Å². The zero-order chi connectivity index (χ0) is 21.5. The highest BCUT2D eigenvalue weighted by Crippen LogP contribution is 2.19. The molecule has 162 valence electrons. The molecule has 2 aromatic rings. The van der Waals surface area contributed by atoms with Crippen molar-refractivity contribution in [3.63, 3.8) is 0 Å². The molecule has 1 saturated heterocycles. The Morgan fingerprint density at radius 1 is 1.27 bits per heavy atom. The van der Waals surface area contributed by atoms with Crippen LogP contribution in [-0.4, -0.2) is 71.7 Å². The molecule has 0 unspecified atom stereocenters. The number of hydrogen-bond acceptors (Lipinski definition) is 7. The lowest BCUT2D eigenvalue weighted by atomic mass is 10.3. The van der Waals surface area contributed by atoms with Crippen molar-refractivity contribution in [2.45, 2.75) is 13.5 Å². The number of thioether (sulfide) groups is 1. The van der Waals surface area contributed by atoms with Gasteiger partial charge in [0.15, 0.2) is 4.80 Å². The molecule has 0 bridgehead atoms. The minimum Gasteiger partial charge on any atom is -0.465 e. The quantitative estimate of drug-likeness (QED) is 0.587. The second-order valence-corrected chi connectivity index (χ2v) is 8.37. The Bertz CT molecular complexity index is 998. The molecule has 2 amide bonds. The van der Waals surface area contributed by atoms with Gasteiger partial charge in [-0.3, -0.25) is 14.4 Å². The number of morpholine rings is 1. The number of carbonyl (C=O) groups is 3. The van der Waals surface area contributed by atoms with Gasteiger partial charge in [-0.2, -0.15) is 4.99 Å². The molecule has 0 spiro atoms. The number of halogens is 1. The number of carbonyl (C=O) groups excluding carboxylic acids is 3. The molecule has 1 aliphatic rings. The van der Waals surface area contributed by atoms with Crippen molar-refractivity contribution < 1.29 is 28.2 Å². The van der Waals surface area contributed by atoms with Crippen molar-refractivity contribution in [3.05, 3.63) is 28.8 Å². The molecule has 30 heavy (non-hydrogen) atoms. The first kappa shape index (κ1) is 22.4. The lowest BCUT2D eigenvalue weighted by Crippen LogP contribution is -2.41. The van der Waals surface area contributed by atoms with E-state index < -0.39 is 17.7 Å². The average molecular weight is 456 g/mol. The Hall–Kier alpha value is -2.24. The number of esters is 1. The molecule has 1 aliphatic heterocycles. The molecule has 0 atom stereocenters. The third-order valence-corrected chi connectivity index (χ3v) is 6.22. The molecule has 1 aromatic carbocycles. The number of ether oxygens (including phenoxy) is 2. The predicted octanol–water partition coefficient (Wildman–Crippen LogP) is 1.42. The smallest absolute Gasteiger partial charge is 0.326 e. The highest BCUT2D eigenvalue weighted by molar-refractivity contribution is 8.00. The van der Waals surface area contributed by atoms with Crippen molar-refractivity contribution in [1.29, 1.82) is 0 Å². The van der Waals surface area contributed by atoms with Crippen LogP contribution < -0.4 is 4.80 Å². The molecule has 1 aromatic heterocycles. The van der Waals surface area contributed by atoms with E-state index in [0.29, 0.717) is 36.5 Å². The molecule has 2 heterocycles. The summed E-state index contributed by atoms with van der Waals surface area (Å²) < 4.78 is 25.9. The van der Waals surface area contributed by atoms with Crippen LogP contribution >= 0.6 is 23.1 Å². The highest BCUT2D eigenvalue weighted by Gasteiger charge is 2.17. The number of rotatable bonds is 7. The second-order valence-electron chi connectivity index (χ2n) is 6.38. The standard InChI is InChI=1S/C19H22FN3O5S2/c1-2-28-18(26)10-23-14-4-3-13(20)9-15(14)30-19(23)21-16(24)11-29-12-17(25)22-5-7-27-8-6-22/h3-4,9H,2,5-8,10-12H2,1H3. The highest BCUT2D eigenvalue weighted by atomic mass is 32.2. The fourth-order valence-corrected chi connectivity index (χ4v) is 4.66. The van der Waals surface area contributed by atoms with E-state index in [9.17, 15) is 18.8 Å². The van der Waals surface area contributed by atoms with Crippen LogP contribution in [-0.2, 0) is 30.4 Å². The summed E-state index contributed by atoms with van der Waals surface area (Å²) in [7, 11) is 0. The maximum Gasteiger partial charge on any atom is 0.326 e. The van der Waals surface area contributed by atoms with Crippen molar-refractivity contribution in [3.8, 4) is 0 Å². The summed E-state index contributed by atoms with van der Waals surface area (Å²) in [6.07, 6.45) is 0. The van der Waals surface area contributed by atoms with Gasteiger partial charge in [-0.05, 0) is 25.1 Å². The zero-order valence-electron chi connectivity index (χ0n) is 16.5. The van der Waals surface area contributed by atoms with Crippen LogP contribution in [0.1, 0.15) is 6.92 Å². The largest absolute Gasteiger partial charge is 0.465 e. The number of fused-ring (bicyclic) bond motifs is 1. The summed E-state index contributed by atoms with van der Waals surface area (Å²) in [5.41, 5.74) is 0.594. The first-order chi connectivity index (χ1) is 14.5. The van der Waals surface area contributed by atoms with Gasteiger partial charge in [0.05, 0.1) is 41.5 Å². The molecular weight excluding hydrogens is 433 g/mol. The molecular formula is C19H22FN3O5S2. The number of hydrogen-bond donors (Lipinski definition) is 0. The van der Waals surface area contributed by atoms with E-state index in [0.717, 1.165) is 11.3 Å². The van der Waals surface area contributed by atoms with Crippen LogP contribution in [0.2, 0.25) is 0 Å². The van der Waals surface area contributed by atoms with Gasteiger partial charge in [0.2, 0.25) is 5.91 Å². The summed E-state index contributed by atoms with van der Waals surface area (Å²) in [6.45, 7) is 3.97. The maximum absolute atomic E-state index is 13.6. The number of thiazole rings is 1. The zero-order valence-corrected chi connectivity index (χ0v) is 18.1. The fourth-order valence-electron chi connectivity index (χ4n) is 2.89. The van der Waals surface area contributed by atoms with Crippen molar-refractivity contribution in [2.75, 3.05) is 44.4 Å². The van der Waals surface area contributed by atoms with Crippen molar-refractivity contribution in [2.24, 2.45) is 4.99 Å². The summed E-state index contributed by atoms with van der Waals surface area (Å²) in [5, 5.41) is 0. The van der Waals surface area contributed by atoms with Crippen LogP contribution in [0.3, 0.4) is 0 Å². The second kappa shape index (κ2) is 10.7. The van der Waals surface area contributed by atoms with Crippen LogP contribution in [0.5, 0.6) is 0 Å². The first-order valence-corrected chi connectivity index (χ1v) is 11.4. The average Bonchev–Trinajstić information content (AvgIpc) is 3.04. The van der Waals surface area contributed by atoms with E-state index in [1.807, 2.05) is 0 Å². The van der Waals surface area contributed by atoms with Gasteiger partial charge in [0.1, 0.15) is 12.4 Å². The van der Waals surface area contributed by atoms with E-state index in [-0.39, 0.29) is 35.4 Å². The molecule has 0 saturated carbocycles. The molecule has 0 N–H and O–H groups in total.